The molecule has 0 fully saturated rings. The Morgan fingerprint density at radius 2 is 2.05 bits per heavy atom. The lowest BCUT2D eigenvalue weighted by atomic mass is 9.99. The second kappa shape index (κ2) is 7.17. The van der Waals surface area contributed by atoms with Gasteiger partial charge in [0.25, 0.3) is 0 Å². The summed E-state index contributed by atoms with van der Waals surface area (Å²) in [5.41, 5.74) is 4.24. The number of hydrogen-bond acceptors (Lipinski definition) is 2. The van der Waals surface area contributed by atoms with Crippen LogP contribution >= 0.6 is 50.1 Å². The van der Waals surface area contributed by atoms with Gasteiger partial charge in [-0.1, -0.05) is 33.6 Å². The van der Waals surface area contributed by atoms with E-state index in [1.165, 1.54) is 6.07 Å². The number of nitrogens with one attached hydrogen (secondary N) is 1. The van der Waals surface area contributed by atoms with E-state index in [1.54, 1.807) is 12.1 Å². The summed E-state index contributed by atoms with van der Waals surface area (Å²) in [6, 6.07) is 10.4. The Balaban J connectivity index is 2.28. The van der Waals surface area contributed by atoms with Crippen molar-refractivity contribution >= 4 is 50.1 Å². The number of halogens is 4. The summed E-state index contributed by atoms with van der Waals surface area (Å²) < 4.78 is 15.6. The van der Waals surface area contributed by atoms with Gasteiger partial charge < -0.3 is 0 Å². The van der Waals surface area contributed by atoms with Crippen molar-refractivity contribution in [3.05, 3.63) is 66.4 Å². The summed E-state index contributed by atoms with van der Waals surface area (Å²) in [6.45, 7) is 0. The molecule has 3 N–H and O–H groups in total. The van der Waals surface area contributed by atoms with Crippen LogP contribution in [-0.4, -0.2) is 0 Å². The summed E-state index contributed by atoms with van der Waals surface area (Å²) >= 11 is 11.6. The molecule has 2 rings (SSSR count). The lowest BCUT2D eigenvalue weighted by Gasteiger charge is -2.17. The Kier molecular flexibility index (Phi) is 5.80. The van der Waals surface area contributed by atoms with Crippen LogP contribution in [0.3, 0.4) is 0 Å². The molecule has 0 saturated heterocycles. The van der Waals surface area contributed by atoms with Crippen molar-refractivity contribution in [3.8, 4) is 0 Å². The largest absolute Gasteiger partial charge is 0.271 e. The molecule has 0 heterocycles. The molecule has 0 spiro atoms. The molecule has 0 radical (unpaired) electrons. The zero-order chi connectivity index (χ0) is 14.7. The Hall–Kier alpha value is -0.210. The van der Waals surface area contributed by atoms with Crippen LogP contribution in [0.1, 0.15) is 17.2 Å². The third-order valence-electron chi connectivity index (χ3n) is 2.98. The van der Waals surface area contributed by atoms with Gasteiger partial charge in [0.05, 0.1) is 11.1 Å². The van der Waals surface area contributed by atoms with Gasteiger partial charge in [0.2, 0.25) is 0 Å². The van der Waals surface area contributed by atoms with Gasteiger partial charge in [-0.05, 0) is 70.5 Å². The molecule has 0 aromatic heterocycles. The number of nitrogens with two attached hydrogens (primary N) is 1. The molecule has 20 heavy (non-hydrogen) atoms. The van der Waals surface area contributed by atoms with Crippen molar-refractivity contribution < 1.29 is 4.39 Å². The van der Waals surface area contributed by atoms with Crippen molar-refractivity contribution in [1.82, 2.24) is 5.43 Å². The van der Waals surface area contributed by atoms with E-state index in [1.807, 2.05) is 18.2 Å². The summed E-state index contributed by atoms with van der Waals surface area (Å²) in [7, 11) is 0. The zero-order valence-electron chi connectivity index (χ0n) is 10.3. The van der Waals surface area contributed by atoms with Crippen molar-refractivity contribution in [2.75, 3.05) is 0 Å². The molecule has 106 valence electrons. The van der Waals surface area contributed by atoms with Crippen LogP contribution in [0.15, 0.2) is 40.9 Å². The van der Waals surface area contributed by atoms with E-state index in [2.05, 4.69) is 43.9 Å². The lowest BCUT2D eigenvalue weighted by Crippen LogP contribution is -2.29. The molecule has 2 aromatic carbocycles. The highest BCUT2D eigenvalue weighted by Gasteiger charge is 2.14. The minimum Gasteiger partial charge on any atom is -0.271 e. The molecule has 0 aliphatic heterocycles. The average molecular weight is 470 g/mol. The summed E-state index contributed by atoms with van der Waals surface area (Å²) in [5, 5.41) is 0.665. The molecule has 6 heteroatoms. The van der Waals surface area contributed by atoms with Crippen LogP contribution in [-0.2, 0) is 6.42 Å². The van der Waals surface area contributed by atoms with E-state index >= 15 is 0 Å². The lowest BCUT2D eigenvalue weighted by molar-refractivity contribution is 0.529. The summed E-state index contributed by atoms with van der Waals surface area (Å²) in [6.07, 6.45) is 0.443. The van der Waals surface area contributed by atoms with E-state index < -0.39 is 0 Å². The molecule has 0 amide bonds. The van der Waals surface area contributed by atoms with Crippen LogP contribution in [0, 0.1) is 9.39 Å². The molecule has 0 bridgehead atoms. The van der Waals surface area contributed by atoms with Crippen LogP contribution < -0.4 is 11.3 Å². The van der Waals surface area contributed by atoms with Crippen LogP contribution in [0.4, 0.5) is 4.39 Å². The molecular formula is C14H12BrClFIN2. The van der Waals surface area contributed by atoms with Gasteiger partial charge in [-0.3, -0.25) is 11.3 Å². The molecular weight excluding hydrogens is 457 g/mol. The summed E-state index contributed by atoms with van der Waals surface area (Å²) in [5.74, 6) is 5.35. The normalized spacial score (nSPS) is 12.4. The first-order valence-electron chi connectivity index (χ1n) is 5.86. The van der Waals surface area contributed by atoms with Crippen LogP contribution in [0.2, 0.25) is 5.02 Å². The van der Waals surface area contributed by atoms with Gasteiger partial charge >= 0.3 is 0 Å². The fourth-order valence-corrected chi connectivity index (χ4v) is 2.85. The molecule has 2 aromatic rings. The SMILES string of the molecule is NNC(Cc1cc(Br)ccc1F)c1ccc(I)c(Cl)c1. The van der Waals surface area contributed by atoms with Crippen molar-refractivity contribution in [2.45, 2.75) is 12.5 Å². The summed E-state index contributed by atoms with van der Waals surface area (Å²) in [4.78, 5) is 0. The minimum atomic E-state index is -0.245. The highest BCUT2D eigenvalue weighted by Crippen LogP contribution is 2.26. The first kappa shape index (κ1) is 16.2. The van der Waals surface area contributed by atoms with Gasteiger partial charge in [-0.2, -0.15) is 0 Å². The average Bonchev–Trinajstić information content (AvgIpc) is 2.43. The highest BCUT2D eigenvalue weighted by molar-refractivity contribution is 14.1. The molecule has 0 aliphatic rings. The number of rotatable bonds is 4. The van der Waals surface area contributed by atoms with Crippen LogP contribution in [0.25, 0.3) is 0 Å². The first-order chi connectivity index (χ1) is 9.51. The smallest absolute Gasteiger partial charge is 0.126 e. The predicted octanol–water partition coefficient (Wildman–Crippen LogP) is 4.59. The molecule has 0 saturated carbocycles. The second-order valence-electron chi connectivity index (χ2n) is 4.33. The molecule has 2 nitrogen and oxygen atoms in total. The van der Waals surface area contributed by atoms with E-state index in [4.69, 9.17) is 17.4 Å². The Labute approximate surface area is 144 Å². The maximum Gasteiger partial charge on any atom is 0.126 e. The van der Waals surface area contributed by atoms with E-state index in [9.17, 15) is 4.39 Å². The topological polar surface area (TPSA) is 38.0 Å². The monoisotopic (exact) mass is 468 g/mol. The van der Waals surface area contributed by atoms with Gasteiger partial charge in [0.15, 0.2) is 0 Å². The highest BCUT2D eigenvalue weighted by atomic mass is 127. The third kappa shape index (κ3) is 3.92. The Bertz CT molecular complexity index is 624. The van der Waals surface area contributed by atoms with Gasteiger partial charge in [-0.15, -0.1) is 0 Å². The molecule has 1 unspecified atom stereocenters. The fourth-order valence-electron chi connectivity index (χ4n) is 1.92. The predicted molar refractivity (Wildman–Crippen MR) is 92.0 cm³/mol. The van der Waals surface area contributed by atoms with Crippen LogP contribution in [0.5, 0.6) is 0 Å². The Morgan fingerprint density at radius 1 is 1.30 bits per heavy atom. The number of hydrazine groups is 1. The molecule has 0 aliphatic carbocycles. The first-order valence-corrected chi connectivity index (χ1v) is 8.11. The fraction of sp³-hybridized carbons (Fsp3) is 0.143. The standard InChI is InChI=1S/C14H12BrClFIN2/c15-10-2-3-12(17)9(5-10)7-14(20-19)8-1-4-13(18)11(16)6-8/h1-6,14,20H,7,19H2. The zero-order valence-corrected chi connectivity index (χ0v) is 14.8. The van der Waals surface area contributed by atoms with E-state index in [0.29, 0.717) is 17.0 Å². The van der Waals surface area contributed by atoms with Crippen molar-refractivity contribution in [2.24, 2.45) is 5.84 Å². The number of hydrogen-bond donors (Lipinski definition) is 2. The quantitative estimate of drug-likeness (QED) is 0.391. The van der Waals surface area contributed by atoms with E-state index in [0.717, 1.165) is 13.6 Å². The van der Waals surface area contributed by atoms with Gasteiger partial charge in [-0.25, -0.2) is 4.39 Å². The second-order valence-corrected chi connectivity index (χ2v) is 6.82. The maximum absolute atomic E-state index is 13.8. The van der Waals surface area contributed by atoms with Gasteiger partial charge in [0, 0.05) is 8.04 Å². The Morgan fingerprint density at radius 3 is 2.70 bits per heavy atom. The third-order valence-corrected chi connectivity index (χ3v) is 5.04. The maximum atomic E-state index is 13.8. The van der Waals surface area contributed by atoms with Crippen molar-refractivity contribution in [3.63, 3.8) is 0 Å². The minimum absolute atomic E-state index is 0.201. The van der Waals surface area contributed by atoms with E-state index in [-0.39, 0.29) is 11.9 Å². The number of benzene rings is 2. The molecule has 1 atom stereocenters. The van der Waals surface area contributed by atoms with Gasteiger partial charge in [0.1, 0.15) is 5.82 Å². The van der Waals surface area contributed by atoms with Crippen molar-refractivity contribution in [1.29, 1.82) is 0 Å².